The smallest absolute Gasteiger partial charge is 0.255 e. The molecule has 4 rings (SSSR count). The highest BCUT2D eigenvalue weighted by atomic mass is 19.1. The van der Waals surface area contributed by atoms with Crippen LogP contribution in [0.25, 0.3) is 11.3 Å². The number of hydrogen-bond acceptors (Lipinski definition) is 6. The summed E-state index contributed by atoms with van der Waals surface area (Å²) in [7, 11) is 0. The van der Waals surface area contributed by atoms with Gasteiger partial charge in [-0.05, 0) is 42.5 Å². The molecule has 0 atom stereocenters. The molecule has 3 aromatic rings. The Hall–Kier alpha value is -3.52. The molecule has 2 heterocycles. The third kappa shape index (κ3) is 4.49. The molecular weight excluding hydrogens is 373 g/mol. The normalized spacial score (nSPS) is 13.9. The summed E-state index contributed by atoms with van der Waals surface area (Å²) in [5.74, 6) is -0.737. The van der Waals surface area contributed by atoms with Crippen LogP contribution in [0, 0.1) is 5.82 Å². The molecule has 0 spiro atoms. The topological polar surface area (TPSA) is 93.4 Å². The van der Waals surface area contributed by atoms with Crippen molar-refractivity contribution in [3.05, 3.63) is 66.2 Å². The zero-order valence-electron chi connectivity index (χ0n) is 15.6. The highest BCUT2D eigenvalue weighted by Gasteiger charge is 2.13. The van der Waals surface area contributed by atoms with Crippen LogP contribution < -0.4 is 16.0 Å². The zero-order valence-corrected chi connectivity index (χ0v) is 15.6. The molecule has 3 N–H and O–H groups in total. The zero-order chi connectivity index (χ0) is 20.2. The van der Waals surface area contributed by atoms with Crippen molar-refractivity contribution >= 4 is 23.1 Å². The monoisotopic (exact) mass is 393 g/mol. The molecule has 29 heavy (non-hydrogen) atoms. The first kappa shape index (κ1) is 18.8. The number of carbonyl (C=O) groups excluding carboxylic acids is 1. The van der Waals surface area contributed by atoms with E-state index >= 15 is 0 Å². The summed E-state index contributed by atoms with van der Waals surface area (Å²) in [4.78, 5) is 22.9. The van der Waals surface area contributed by atoms with Gasteiger partial charge in [0.1, 0.15) is 11.6 Å². The third-order valence-electron chi connectivity index (χ3n) is 4.61. The van der Waals surface area contributed by atoms with Crippen molar-refractivity contribution in [3.63, 3.8) is 0 Å². The highest BCUT2D eigenvalue weighted by molar-refractivity contribution is 6.05. The van der Waals surface area contributed by atoms with E-state index in [2.05, 4.69) is 20.2 Å². The lowest BCUT2D eigenvalue weighted by Crippen LogP contribution is -2.36. The molecule has 0 unspecified atom stereocenters. The predicted octanol–water partition coefficient (Wildman–Crippen LogP) is 2.95. The minimum absolute atomic E-state index is 0.182. The van der Waals surface area contributed by atoms with E-state index in [9.17, 15) is 9.18 Å². The van der Waals surface area contributed by atoms with E-state index in [0.29, 0.717) is 30.2 Å². The van der Waals surface area contributed by atoms with Gasteiger partial charge in [0.2, 0.25) is 0 Å². The van der Waals surface area contributed by atoms with E-state index in [1.54, 1.807) is 6.07 Å². The standard InChI is InChI=1S/C21H20FN5O2/c22-16-10-14(19-12-24-13-20(23)26-19)9-15(11-16)21(28)25-17-1-3-18(4-2-17)27-5-7-29-8-6-27/h1-4,9-13H,5-8H2,(H2,23,26)(H,25,28). The largest absolute Gasteiger partial charge is 0.382 e. The number of ether oxygens (including phenoxy) is 1. The summed E-state index contributed by atoms with van der Waals surface area (Å²) in [5, 5.41) is 2.80. The summed E-state index contributed by atoms with van der Waals surface area (Å²) >= 11 is 0. The molecule has 1 fully saturated rings. The minimum atomic E-state index is -0.542. The van der Waals surface area contributed by atoms with Gasteiger partial charge in [0, 0.05) is 35.6 Å². The Kier molecular flexibility index (Phi) is 5.35. The number of anilines is 3. The molecule has 0 radical (unpaired) electrons. The molecule has 2 aromatic carbocycles. The van der Waals surface area contributed by atoms with E-state index < -0.39 is 11.7 Å². The number of amides is 1. The van der Waals surface area contributed by atoms with Gasteiger partial charge in [-0.15, -0.1) is 0 Å². The molecule has 1 aliphatic heterocycles. The van der Waals surface area contributed by atoms with Crippen LogP contribution >= 0.6 is 0 Å². The molecule has 8 heteroatoms. The van der Waals surface area contributed by atoms with Gasteiger partial charge in [-0.25, -0.2) is 9.37 Å². The molecule has 0 aliphatic carbocycles. The second-order valence-electron chi connectivity index (χ2n) is 6.66. The molecule has 1 aromatic heterocycles. The number of nitrogen functional groups attached to an aromatic ring is 1. The lowest BCUT2D eigenvalue weighted by Gasteiger charge is -2.28. The van der Waals surface area contributed by atoms with E-state index in [1.807, 2.05) is 24.3 Å². The number of nitrogens with two attached hydrogens (primary N) is 1. The fourth-order valence-corrected chi connectivity index (χ4v) is 3.17. The van der Waals surface area contributed by atoms with Crippen molar-refractivity contribution < 1.29 is 13.9 Å². The average Bonchev–Trinajstić information content (AvgIpc) is 2.74. The van der Waals surface area contributed by atoms with Crippen molar-refractivity contribution in [2.24, 2.45) is 0 Å². The van der Waals surface area contributed by atoms with Crippen molar-refractivity contribution in [2.45, 2.75) is 0 Å². The van der Waals surface area contributed by atoms with Crippen LogP contribution in [0.5, 0.6) is 0 Å². The van der Waals surface area contributed by atoms with Gasteiger partial charge in [-0.1, -0.05) is 0 Å². The summed E-state index contributed by atoms with van der Waals surface area (Å²) in [5.41, 5.74) is 8.35. The SMILES string of the molecule is Nc1cncc(-c2cc(F)cc(C(=O)Nc3ccc(N4CCOCC4)cc3)c2)n1. The number of nitrogens with zero attached hydrogens (tertiary/aromatic N) is 3. The van der Waals surface area contributed by atoms with Gasteiger partial charge in [-0.2, -0.15) is 0 Å². The molecular formula is C21H20FN5O2. The molecule has 0 bridgehead atoms. The number of nitrogens with one attached hydrogen (secondary N) is 1. The number of morpholine rings is 1. The van der Waals surface area contributed by atoms with Crippen LogP contribution in [-0.2, 0) is 4.74 Å². The molecule has 1 saturated heterocycles. The van der Waals surface area contributed by atoms with Crippen LogP contribution in [-0.4, -0.2) is 42.2 Å². The Balaban J connectivity index is 1.51. The molecule has 1 amide bonds. The fraction of sp³-hybridized carbons (Fsp3) is 0.190. The van der Waals surface area contributed by atoms with Crippen molar-refractivity contribution in [1.82, 2.24) is 9.97 Å². The third-order valence-corrected chi connectivity index (χ3v) is 4.61. The maximum absolute atomic E-state index is 14.1. The molecule has 7 nitrogen and oxygen atoms in total. The number of benzene rings is 2. The van der Waals surface area contributed by atoms with Crippen LogP contribution in [0.2, 0.25) is 0 Å². The van der Waals surface area contributed by atoms with Crippen molar-refractivity contribution in [1.29, 1.82) is 0 Å². The first-order valence-electron chi connectivity index (χ1n) is 9.21. The number of aromatic nitrogens is 2. The number of hydrogen-bond donors (Lipinski definition) is 2. The summed E-state index contributed by atoms with van der Waals surface area (Å²) in [6.45, 7) is 3.09. The van der Waals surface area contributed by atoms with Gasteiger partial charge in [0.05, 0.1) is 31.3 Å². The second kappa shape index (κ2) is 8.24. The Labute approximate surface area is 167 Å². The fourth-order valence-electron chi connectivity index (χ4n) is 3.17. The van der Waals surface area contributed by atoms with E-state index in [-0.39, 0.29) is 11.4 Å². The quantitative estimate of drug-likeness (QED) is 0.708. The van der Waals surface area contributed by atoms with Crippen molar-refractivity contribution in [3.8, 4) is 11.3 Å². The molecule has 148 valence electrons. The van der Waals surface area contributed by atoms with Gasteiger partial charge < -0.3 is 20.7 Å². The van der Waals surface area contributed by atoms with Crippen LogP contribution in [0.15, 0.2) is 54.9 Å². The number of halogens is 1. The maximum Gasteiger partial charge on any atom is 0.255 e. The second-order valence-corrected chi connectivity index (χ2v) is 6.66. The average molecular weight is 393 g/mol. The van der Waals surface area contributed by atoms with E-state index in [1.165, 1.54) is 24.5 Å². The Bertz CT molecular complexity index is 1020. The lowest BCUT2D eigenvalue weighted by atomic mass is 10.1. The summed E-state index contributed by atoms with van der Waals surface area (Å²) in [6, 6.07) is 11.6. The minimum Gasteiger partial charge on any atom is -0.382 e. The Morgan fingerprint density at radius 3 is 2.59 bits per heavy atom. The molecule has 0 saturated carbocycles. The van der Waals surface area contributed by atoms with E-state index in [0.717, 1.165) is 18.8 Å². The first-order chi connectivity index (χ1) is 14.1. The van der Waals surface area contributed by atoms with Gasteiger partial charge in [0.15, 0.2) is 0 Å². The van der Waals surface area contributed by atoms with Gasteiger partial charge in [-0.3, -0.25) is 9.78 Å². The Morgan fingerprint density at radius 2 is 1.86 bits per heavy atom. The van der Waals surface area contributed by atoms with Crippen molar-refractivity contribution in [2.75, 3.05) is 42.3 Å². The summed E-state index contributed by atoms with van der Waals surface area (Å²) < 4.78 is 19.5. The first-order valence-corrected chi connectivity index (χ1v) is 9.21. The predicted molar refractivity (Wildman–Crippen MR) is 109 cm³/mol. The Morgan fingerprint density at radius 1 is 1.10 bits per heavy atom. The van der Waals surface area contributed by atoms with Crippen LogP contribution in [0.4, 0.5) is 21.6 Å². The van der Waals surface area contributed by atoms with Crippen LogP contribution in [0.1, 0.15) is 10.4 Å². The van der Waals surface area contributed by atoms with Crippen LogP contribution in [0.3, 0.4) is 0 Å². The van der Waals surface area contributed by atoms with Gasteiger partial charge >= 0.3 is 0 Å². The maximum atomic E-state index is 14.1. The van der Waals surface area contributed by atoms with Gasteiger partial charge in [0.25, 0.3) is 5.91 Å². The molecule has 1 aliphatic rings. The lowest BCUT2D eigenvalue weighted by molar-refractivity contribution is 0.102. The number of rotatable bonds is 4. The highest BCUT2D eigenvalue weighted by Crippen LogP contribution is 2.22. The van der Waals surface area contributed by atoms with E-state index in [4.69, 9.17) is 10.5 Å². The number of carbonyl (C=O) groups is 1. The summed E-state index contributed by atoms with van der Waals surface area (Å²) in [6.07, 6.45) is 2.87.